The highest BCUT2D eigenvalue weighted by atomic mass is 17.2. The lowest BCUT2D eigenvalue weighted by molar-refractivity contribution is -0.264. The molecule has 0 aromatic rings. The van der Waals surface area contributed by atoms with Gasteiger partial charge in [0.15, 0.2) is 0 Å². The second-order valence-corrected chi connectivity index (χ2v) is 2.38. The number of carbonyl (C=O) groups is 1. The van der Waals surface area contributed by atoms with E-state index in [1.165, 1.54) is 5.57 Å². The highest BCUT2D eigenvalue weighted by Crippen LogP contribution is 1.82. The summed E-state index contributed by atoms with van der Waals surface area (Å²) in [4.78, 5) is 18.5. The van der Waals surface area contributed by atoms with Crippen LogP contribution in [0.2, 0.25) is 0 Å². The lowest BCUT2D eigenvalue weighted by Gasteiger charge is -1.93. The summed E-state index contributed by atoms with van der Waals surface area (Å²) in [5, 5.41) is 0. The maximum Gasteiger partial charge on any atom is 0.365 e. The topological polar surface area (TPSA) is 35.5 Å². The average molecular weight is 186 g/mol. The Labute approximate surface area is 80.0 Å². The van der Waals surface area contributed by atoms with E-state index in [9.17, 15) is 4.79 Å². The van der Waals surface area contributed by atoms with Crippen LogP contribution in [0.25, 0.3) is 0 Å². The predicted molar refractivity (Wildman–Crippen MR) is 53.0 cm³/mol. The van der Waals surface area contributed by atoms with Crippen LogP contribution in [-0.2, 0) is 14.6 Å². The summed E-state index contributed by atoms with van der Waals surface area (Å²) >= 11 is 0. The van der Waals surface area contributed by atoms with Crippen LogP contribution in [0.5, 0.6) is 0 Å². The summed E-state index contributed by atoms with van der Waals surface area (Å²) < 4.78 is 0. The first-order valence-corrected chi connectivity index (χ1v) is 4.13. The van der Waals surface area contributed by atoms with Crippen LogP contribution in [0.4, 0.5) is 0 Å². The smallest absolute Gasteiger partial charge is 0.294 e. The maximum atomic E-state index is 10.1. The van der Waals surface area contributed by atoms with E-state index in [4.69, 9.17) is 0 Å². The molecule has 3 heteroatoms. The third kappa shape index (κ3) is 18.1. The van der Waals surface area contributed by atoms with Gasteiger partial charge in [0.25, 0.3) is 0 Å². The van der Waals surface area contributed by atoms with Gasteiger partial charge >= 0.3 is 5.97 Å². The van der Waals surface area contributed by atoms with E-state index in [-0.39, 0.29) is 0 Å². The monoisotopic (exact) mass is 186 g/mol. The highest BCUT2D eigenvalue weighted by molar-refractivity contribution is 5.80. The normalized spacial score (nSPS) is 7.69. The summed E-state index contributed by atoms with van der Waals surface area (Å²) in [6, 6.07) is 0. The molecule has 0 amide bonds. The summed E-state index contributed by atoms with van der Waals surface area (Å²) in [6.45, 7) is 11.4. The van der Waals surface area contributed by atoms with Crippen LogP contribution in [-0.4, -0.2) is 12.6 Å². The van der Waals surface area contributed by atoms with Crippen molar-refractivity contribution in [3.8, 4) is 0 Å². The van der Waals surface area contributed by atoms with Crippen molar-refractivity contribution in [3.63, 3.8) is 0 Å². The second-order valence-electron chi connectivity index (χ2n) is 2.38. The molecule has 0 heterocycles. The van der Waals surface area contributed by atoms with Crippen LogP contribution in [0.15, 0.2) is 24.3 Å². The zero-order valence-corrected chi connectivity index (χ0v) is 8.79. The lowest BCUT2D eigenvalue weighted by Crippen LogP contribution is -2.00. The van der Waals surface area contributed by atoms with Gasteiger partial charge in [0.1, 0.15) is 0 Å². The van der Waals surface area contributed by atoms with E-state index < -0.39 is 5.97 Å². The third-order valence-corrected chi connectivity index (χ3v) is 1.00. The number of hydrogen-bond donors (Lipinski definition) is 0. The zero-order chi connectivity index (χ0) is 10.7. The molecule has 0 saturated carbocycles. The van der Waals surface area contributed by atoms with E-state index in [2.05, 4.69) is 36.3 Å². The Morgan fingerprint density at radius 3 is 2.15 bits per heavy atom. The fourth-order valence-corrected chi connectivity index (χ4v) is 0.151. The van der Waals surface area contributed by atoms with E-state index in [0.29, 0.717) is 6.61 Å². The Balaban J connectivity index is 0. The predicted octanol–water partition coefficient (Wildman–Crippen LogP) is 2.64. The quantitative estimate of drug-likeness (QED) is 0.294. The molecule has 0 saturated heterocycles. The first-order chi connectivity index (χ1) is 6.08. The van der Waals surface area contributed by atoms with Gasteiger partial charge in [-0.05, 0) is 27.7 Å². The molecular weight excluding hydrogens is 168 g/mol. The number of hydrogen-bond acceptors (Lipinski definition) is 3. The molecule has 13 heavy (non-hydrogen) atoms. The molecule has 0 rings (SSSR count). The van der Waals surface area contributed by atoms with Crippen LogP contribution in [0.3, 0.4) is 0 Å². The fourth-order valence-electron chi connectivity index (χ4n) is 0.151. The molecule has 0 unspecified atom stereocenters. The maximum absolute atomic E-state index is 10.1. The van der Waals surface area contributed by atoms with Crippen molar-refractivity contribution in [2.45, 2.75) is 27.7 Å². The molecular formula is C10H18O3. The van der Waals surface area contributed by atoms with Gasteiger partial charge in [-0.1, -0.05) is 18.2 Å². The first kappa shape index (κ1) is 14.4. The number of allylic oxidation sites excluding steroid dienone is 2. The molecule has 76 valence electrons. The highest BCUT2D eigenvalue weighted by Gasteiger charge is 1.91. The van der Waals surface area contributed by atoms with Gasteiger partial charge < -0.3 is 0 Å². The molecule has 0 aliphatic carbocycles. The summed E-state index contributed by atoms with van der Waals surface area (Å²) in [5.41, 5.74) is 1.38. The molecule has 0 aromatic heterocycles. The van der Waals surface area contributed by atoms with Crippen molar-refractivity contribution in [2.24, 2.45) is 0 Å². The van der Waals surface area contributed by atoms with Crippen LogP contribution < -0.4 is 0 Å². The van der Waals surface area contributed by atoms with E-state index in [1.807, 2.05) is 6.92 Å². The van der Waals surface area contributed by atoms with Gasteiger partial charge in [0, 0.05) is 6.08 Å². The minimum Gasteiger partial charge on any atom is -0.294 e. The molecule has 0 aliphatic rings. The summed E-state index contributed by atoms with van der Waals surface area (Å²) in [6.07, 6.45) is 3.12. The third-order valence-electron chi connectivity index (χ3n) is 1.00. The van der Waals surface area contributed by atoms with E-state index in [0.717, 1.165) is 6.08 Å². The summed E-state index contributed by atoms with van der Waals surface area (Å²) in [7, 11) is 0. The van der Waals surface area contributed by atoms with Crippen molar-refractivity contribution in [1.29, 1.82) is 0 Å². The van der Waals surface area contributed by atoms with Gasteiger partial charge in [-0.25, -0.2) is 4.79 Å². The lowest BCUT2D eigenvalue weighted by atomic mass is 10.3. The van der Waals surface area contributed by atoms with Crippen LogP contribution in [0, 0.1) is 0 Å². The fraction of sp³-hybridized carbons (Fsp3) is 0.500. The Kier molecular flexibility index (Phi) is 12.1. The number of rotatable bonds is 3. The van der Waals surface area contributed by atoms with Crippen molar-refractivity contribution in [3.05, 3.63) is 24.3 Å². The Morgan fingerprint density at radius 2 is 1.92 bits per heavy atom. The minimum absolute atomic E-state index is 0.361. The first-order valence-electron chi connectivity index (χ1n) is 4.13. The molecule has 0 aromatic carbocycles. The van der Waals surface area contributed by atoms with Crippen molar-refractivity contribution in [2.75, 3.05) is 6.61 Å². The molecule has 0 N–H and O–H groups in total. The Hall–Kier alpha value is -1.09. The molecule has 0 bridgehead atoms. The minimum atomic E-state index is -0.563. The molecule has 3 nitrogen and oxygen atoms in total. The largest absolute Gasteiger partial charge is 0.365 e. The van der Waals surface area contributed by atoms with E-state index in [1.54, 1.807) is 6.92 Å². The SMILES string of the molecule is C=CC(=O)OOCC.CC=C(C)C. The zero-order valence-electron chi connectivity index (χ0n) is 8.79. The molecule has 0 atom stereocenters. The average Bonchev–Trinajstić information content (AvgIpc) is 2.15. The molecule has 0 aliphatic heterocycles. The van der Waals surface area contributed by atoms with Crippen LogP contribution >= 0.6 is 0 Å². The van der Waals surface area contributed by atoms with Gasteiger partial charge in [-0.3, -0.25) is 4.89 Å². The number of carbonyl (C=O) groups excluding carboxylic acids is 1. The van der Waals surface area contributed by atoms with Gasteiger partial charge in [-0.2, -0.15) is 4.89 Å². The van der Waals surface area contributed by atoms with Gasteiger partial charge in [0.2, 0.25) is 0 Å². The van der Waals surface area contributed by atoms with Gasteiger partial charge in [0.05, 0.1) is 6.61 Å². The standard InChI is InChI=1S/C5H8O3.C5H10/c1-3-5(6)8-7-4-2;1-4-5(2)3/h3H,1,4H2,2H3;4H,1-3H3. The van der Waals surface area contributed by atoms with E-state index >= 15 is 0 Å². The Bertz CT molecular complexity index is 167. The summed E-state index contributed by atoms with van der Waals surface area (Å²) in [5.74, 6) is -0.563. The van der Waals surface area contributed by atoms with Crippen molar-refractivity contribution in [1.82, 2.24) is 0 Å². The molecule has 0 spiro atoms. The molecule has 0 fully saturated rings. The van der Waals surface area contributed by atoms with Crippen LogP contribution in [0.1, 0.15) is 27.7 Å². The Morgan fingerprint density at radius 1 is 1.46 bits per heavy atom. The second kappa shape index (κ2) is 10.9. The van der Waals surface area contributed by atoms with Crippen molar-refractivity contribution < 1.29 is 14.6 Å². The van der Waals surface area contributed by atoms with Crippen molar-refractivity contribution >= 4 is 5.97 Å². The van der Waals surface area contributed by atoms with Gasteiger partial charge in [-0.15, -0.1) is 0 Å². The molecule has 0 radical (unpaired) electrons.